The van der Waals surface area contributed by atoms with E-state index in [1.807, 2.05) is 11.7 Å². The van der Waals surface area contributed by atoms with Gasteiger partial charge in [0.2, 0.25) is 0 Å². The van der Waals surface area contributed by atoms with E-state index in [1.54, 1.807) is 0 Å². The van der Waals surface area contributed by atoms with Crippen LogP contribution in [0.3, 0.4) is 0 Å². The quantitative estimate of drug-likeness (QED) is 0.806. The first-order chi connectivity index (χ1) is 8.72. The number of likely N-dealkylation sites (tertiary alicyclic amines) is 1. The molecule has 5 nitrogen and oxygen atoms in total. The zero-order chi connectivity index (χ0) is 12.5. The van der Waals surface area contributed by atoms with Crippen molar-refractivity contribution in [1.29, 1.82) is 0 Å². The predicted octanol–water partition coefficient (Wildman–Crippen LogP) is -0.182. The first kappa shape index (κ1) is 12.1. The molecule has 5 heteroatoms. The molecule has 2 aliphatic heterocycles. The van der Waals surface area contributed by atoms with Crippen LogP contribution in [0.2, 0.25) is 0 Å². The van der Waals surface area contributed by atoms with E-state index in [-0.39, 0.29) is 0 Å². The van der Waals surface area contributed by atoms with Crippen molar-refractivity contribution in [2.45, 2.75) is 19.5 Å². The molecule has 2 fully saturated rings. The van der Waals surface area contributed by atoms with Crippen molar-refractivity contribution in [3.63, 3.8) is 0 Å². The van der Waals surface area contributed by atoms with Gasteiger partial charge in [0.15, 0.2) is 0 Å². The van der Waals surface area contributed by atoms with Gasteiger partial charge in [-0.3, -0.25) is 14.5 Å². The van der Waals surface area contributed by atoms with Crippen molar-refractivity contribution >= 4 is 0 Å². The topological polar surface area (TPSA) is 36.3 Å². The summed E-state index contributed by atoms with van der Waals surface area (Å²) < 4.78 is 1.91. The van der Waals surface area contributed by atoms with Crippen LogP contribution in [0, 0.1) is 6.92 Å². The molecule has 100 valence electrons. The summed E-state index contributed by atoms with van der Waals surface area (Å²) in [5, 5.41) is 7.82. The van der Waals surface area contributed by atoms with Crippen LogP contribution in [0.5, 0.6) is 0 Å². The molecule has 0 bridgehead atoms. The average Bonchev–Trinajstić information content (AvgIpc) is 2.63. The zero-order valence-electron chi connectivity index (χ0n) is 11.4. The minimum Gasteiger partial charge on any atom is -0.314 e. The maximum atomic E-state index is 4.40. The number of aryl methyl sites for hydroxylation is 2. The third-order valence-electron chi connectivity index (χ3n) is 4.11. The van der Waals surface area contributed by atoms with Gasteiger partial charge in [-0.25, -0.2) is 0 Å². The smallest absolute Gasteiger partial charge is 0.0638 e. The summed E-state index contributed by atoms with van der Waals surface area (Å²) in [5.74, 6) is 0. The van der Waals surface area contributed by atoms with Gasteiger partial charge < -0.3 is 5.32 Å². The molecule has 3 heterocycles. The summed E-state index contributed by atoms with van der Waals surface area (Å²) in [6.07, 6.45) is 2.15. The minimum absolute atomic E-state index is 0.782. The largest absolute Gasteiger partial charge is 0.314 e. The van der Waals surface area contributed by atoms with Crippen LogP contribution in [0.25, 0.3) is 0 Å². The van der Waals surface area contributed by atoms with Crippen molar-refractivity contribution in [3.05, 3.63) is 17.5 Å². The summed E-state index contributed by atoms with van der Waals surface area (Å²) in [7, 11) is 2.00. The molecule has 0 aromatic carbocycles. The molecule has 2 aliphatic rings. The molecular weight excluding hydrogens is 226 g/mol. The minimum atomic E-state index is 0.782. The molecule has 1 aromatic heterocycles. The number of rotatable bonds is 3. The van der Waals surface area contributed by atoms with Gasteiger partial charge in [0.05, 0.1) is 5.69 Å². The standard InChI is InChI=1S/C13H23N5/c1-11-12(7-16(2)15-11)8-17-9-13(10-17)18-5-3-14-4-6-18/h7,13-14H,3-6,8-10H2,1-2H3. The van der Waals surface area contributed by atoms with E-state index in [2.05, 4.69) is 33.3 Å². The second-order valence-corrected chi connectivity index (χ2v) is 5.55. The van der Waals surface area contributed by atoms with Gasteiger partial charge in [0.1, 0.15) is 0 Å². The highest BCUT2D eigenvalue weighted by atomic mass is 15.3. The molecule has 0 unspecified atom stereocenters. The lowest BCUT2D eigenvalue weighted by molar-refractivity contribution is 0.0222. The summed E-state index contributed by atoms with van der Waals surface area (Å²) in [4.78, 5) is 5.15. The van der Waals surface area contributed by atoms with Crippen LogP contribution >= 0.6 is 0 Å². The van der Waals surface area contributed by atoms with Crippen LogP contribution in [0.15, 0.2) is 6.20 Å². The zero-order valence-corrected chi connectivity index (χ0v) is 11.4. The summed E-state index contributed by atoms with van der Waals surface area (Å²) in [5.41, 5.74) is 2.54. The van der Waals surface area contributed by atoms with E-state index >= 15 is 0 Å². The van der Waals surface area contributed by atoms with Crippen molar-refractivity contribution < 1.29 is 0 Å². The molecule has 3 rings (SSSR count). The fraction of sp³-hybridized carbons (Fsp3) is 0.769. The molecule has 18 heavy (non-hydrogen) atoms. The lowest BCUT2D eigenvalue weighted by atomic mass is 10.0. The SMILES string of the molecule is Cc1nn(C)cc1CN1CC(N2CCNCC2)C1. The fourth-order valence-corrected chi connectivity index (χ4v) is 2.99. The Morgan fingerprint density at radius 2 is 2.06 bits per heavy atom. The van der Waals surface area contributed by atoms with E-state index in [9.17, 15) is 0 Å². The Hall–Kier alpha value is -0.910. The summed E-state index contributed by atoms with van der Waals surface area (Å²) in [6.45, 7) is 10.3. The Morgan fingerprint density at radius 3 is 2.67 bits per heavy atom. The third-order valence-corrected chi connectivity index (χ3v) is 4.11. The summed E-state index contributed by atoms with van der Waals surface area (Å²) >= 11 is 0. The highest BCUT2D eigenvalue weighted by molar-refractivity contribution is 5.15. The monoisotopic (exact) mass is 249 g/mol. The second kappa shape index (κ2) is 4.99. The maximum Gasteiger partial charge on any atom is 0.0638 e. The lowest BCUT2D eigenvalue weighted by Gasteiger charge is -2.46. The van der Waals surface area contributed by atoms with Gasteiger partial charge in [-0.05, 0) is 6.92 Å². The molecule has 1 N–H and O–H groups in total. The number of nitrogens with one attached hydrogen (secondary N) is 1. The normalized spacial score (nSPS) is 23.2. The number of nitrogens with zero attached hydrogens (tertiary/aromatic N) is 4. The lowest BCUT2D eigenvalue weighted by Crippen LogP contribution is -2.62. The van der Waals surface area contributed by atoms with Crippen LogP contribution < -0.4 is 5.32 Å². The highest BCUT2D eigenvalue weighted by Gasteiger charge is 2.32. The van der Waals surface area contributed by atoms with Gasteiger partial charge in [0.25, 0.3) is 0 Å². The molecule has 2 saturated heterocycles. The Kier molecular flexibility index (Phi) is 3.37. The summed E-state index contributed by atoms with van der Waals surface area (Å²) in [6, 6.07) is 0.782. The maximum absolute atomic E-state index is 4.40. The Bertz CT molecular complexity index is 402. The molecule has 1 aromatic rings. The molecule has 0 saturated carbocycles. The first-order valence-electron chi connectivity index (χ1n) is 6.88. The van der Waals surface area contributed by atoms with Gasteiger partial charge in [0, 0.05) is 70.7 Å². The highest BCUT2D eigenvalue weighted by Crippen LogP contribution is 2.19. The average molecular weight is 249 g/mol. The van der Waals surface area contributed by atoms with Crippen molar-refractivity contribution in [1.82, 2.24) is 24.9 Å². The van der Waals surface area contributed by atoms with Crippen LogP contribution in [-0.2, 0) is 13.6 Å². The molecular formula is C13H23N5. The van der Waals surface area contributed by atoms with Crippen LogP contribution in [0.4, 0.5) is 0 Å². The number of hydrogen-bond donors (Lipinski definition) is 1. The fourth-order valence-electron chi connectivity index (χ4n) is 2.99. The number of hydrogen-bond acceptors (Lipinski definition) is 4. The Labute approximate surface area is 109 Å². The number of aromatic nitrogens is 2. The van der Waals surface area contributed by atoms with E-state index in [1.165, 1.54) is 37.4 Å². The molecule has 0 radical (unpaired) electrons. The van der Waals surface area contributed by atoms with E-state index in [4.69, 9.17) is 0 Å². The molecule has 0 aliphatic carbocycles. The Morgan fingerprint density at radius 1 is 1.33 bits per heavy atom. The third kappa shape index (κ3) is 2.43. The van der Waals surface area contributed by atoms with Crippen LogP contribution in [0.1, 0.15) is 11.3 Å². The van der Waals surface area contributed by atoms with Crippen molar-refractivity contribution in [2.24, 2.45) is 7.05 Å². The molecule has 0 amide bonds. The van der Waals surface area contributed by atoms with E-state index < -0.39 is 0 Å². The van der Waals surface area contributed by atoms with Gasteiger partial charge >= 0.3 is 0 Å². The first-order valence-corrected chi connectivity index (χ1v) is 6.88. The van der Waals surface area contributed by atoms with Crippen molar-refractivity contribution in [3.8, 4) is 0 Å². The molecule has 0 spiro atoms. The van der Waals surface area contributed by atoms with Crippen molar-refractivity contribution in [2.75, 3.05) is 39.3 Å². The van der Waals surface area contributed by atoms with Gasteiger partial charge in [-0.2, -0.15) is 5.10 Å². The predicted molar refractivity (Wildman–Crippen MR) is 71.5 cm³/mol. The molecule has 0 atom stereocenters. The Balaban J connectivity index is 1.48. The van der Waals surface area contributed by atoms with Gasteiger partial charge in [-0.15, -0.1) is 0 Å². The number of piperazine rings is 1. The van der Waals surface area contributed by atoms with Gasteiger partial charge in [-0.1, -0.05) is 0 Å². The van der Waals surface area contributed by atoms with E-state index in [0.717, 1.165) is 25.7 Å². The van der Waals surface area contributed by atoms with Crippen LogP contribution in [-0.4, -0.2) is 64.9 Å². The van der Waals surface area contributed by atoms with E-state index in [0.29, 0.717) is 0 Å². The second-order valence-electron chi connectivity index (χ2n) is 5.55.